The van der Waals surface area contributed by atoms with Crippen LogP contribution < -0.4 is 16.6 Å². The summed E-state index contributed by atoms with van der Waals surface area (Å²) in [7, 11) is 0. The summed E-state index contributed by atoms with van der Waals surface area (Å²) in [6.07, 6.45) is 9.15. The van der Waals surface area contributed by atoms with Crippen LogP contribution in [0.1, 0.15) is 44.9 Å². The molecule has 0 atom stereocenters. The Kier molecular flexibility index (Phi) is 3.43. The molecule has 0 spiro atoms. The number of hydrogen-bond acceptors (Lipinski definition) is 3. The molecule has 23 heavy (non-hydrogen) atoms. The molecule has 4 fully saturated rings. The second-order valence-corrected chi connectivity index (χ2v) is 7.80. The van der Waals surface area contributed by atoms with E-state index in [1.165, 1.54) is 36.1 Å². The van der Waals surface area contributed by atoms with Gasteiger partial charge in [-0.3, -0.25) is 14.6 Å². The molecule has 124 valence electrons. The Balaban J connectivity index is 1.39. The van der Waals surface area contributed by atoms with Crippen molar-refractivity contribution >= 4 is 5.91 Å². The van der Waals surface area contributed by atoms with Gasteiger partial charge in [-0.1, -0.05) is 0 Å². The topological polar surface area (TPSA) is 84.0 Å². The Morgan fingerprint density at radius 3 is 2.35 bits per heavy atom. The molecule has 4 bridgehead atoms. The Labute approximate surface area is 134 Å². The lowest BCUT2D eigenvalue weighted by atomic mass is 9.53. The van der Waals surface area contributed by atoms with Gasteiger partial charge in [-0.25, -0.2) is 4.79 Å². The zero-order valence-corrected chi connectivity index (χ0v) is 13.2. The van der Waals surface area contributed by atoms with Crippen LogP contribution in [0, 0.1) is 17.8 Å². The second kappa shape index (κ2) is 5.35. The fraction of sp³-hybridized carbons (Fsp3) is 0.706. The zero-order chi connectivity index (χ0) is 16.0. The van der Waals surface area contributed by atoms with Gasteiger partial charge in [-0.15, -0.1) is 0 Å². The second-order valence-electron chi connectivity index (χ2n) is 7.80. The largest absolute Gasteiger partial charge is 0.351 e. The van der Waals surface area contributed by atoms with Crippen molar-refractivity contribution in [2.75, 3.05) is 0 Å². The van der Waals surface area contributed by atoms with Crippen LogP contribution in [-0.2, 0) is 11.3 Å². The van der Waals surface area contributed by atoms with Gasteiger partial charge in [0.2, 0.25) is 5.91 Å². The number of hydrogen-bond donors (Lipinski definition) is 2. The van der Waals surface area contributed by atoms with E-state index in [9.17, 15) is 14.4 Å². The quantitative estimate of drug-likeness (QED) is 0.869. The summed E-state index contributed by atoms with van der Waals surface area (Å²) in [4.78, 5) is 37.3. The summed E-state index contributed by atoms with van der Waals surface area (Å²) in [5.41, 5.74) is -0.855. The molecule has 6 nitrogen and oxygen atoms in total. The predicted molar refractivity (Wildman–Crippen MR) is 85.0 cm³/mol. The third-order valence-electron chi connectivity index (χ3n) is 5.92. The van der Waals surface area contributed by atoms with Crippen LogP contribution in [0.25, 0.3) is 0 Å². The molecule has 5 rings (SSSR count). The smallest absolute Gasteiger partial charge is 0.328 e. The molecule has 4 aliphatic rings. The fourth-order valence-electron chi connectivity index (χ4n) is 5.46. The van der Waals surface area contributed by atoms with E-state index >= 15 is 0 Å². The van der Waals surface area contributed by atoms with Crippen molar-refractivity contribution in [3.63, 3.8) is 0 Å². The van der Waals surface area contributed by atoms with Crippen molar-refractivity contribution in [1.29, 1.82) is 0 Å². The van der Waals surface area contributed by atoms with E-state index in [0.717, 1.165) is 37.0 Å². The molecule has 4 aliphatic carbocycles. The van der Waals surface area contributed by atoms with Gasteiger partial charge in [0, 0.05) is 30.8 Å². The molecule has 6 heteroatoms. The van der Waals surface area contributed by atoms with Gasteiger partial charge in [0.15, 0.2) is 0 Å². The van der Waals surface area contributed by atoms with E-state index in [4.69, 9.17) is 0 Å². The molecule has 1 amide bonds. The van der Waals surface area contributed by atoms with Crippen molar-refractivity contribution in [1.82, 2.24) is 14.9 Å². The number of aromatic nitrogens is 2. The van der Waals surface area contributed by atoms with Gasteiger partial charge in [0.1, 0.15) is 0 Å². The lowest BCUT2D eigenvalue weighted by Gasteiger charge is -2.56. The van der Waals surface area contributed by atoms with Crippen LogP contribution in [0.15, 0.2) is 21.9 Å². The number of rotatable bonds is 4. The SMILES string of the molecule is O=C(CCn1ccc(=O)[nH]c1=O)NC12CC3CC(CC(C3)C1)C2. The molecule has 1 aromatic heterocycles. The zero-order valence-electron chi connectivity index (χ0n) is 13.2. The predicted octanol–water partition coefficient (Wildman–Crippen LogP) is 1.01. The first-order valence-corrected chi connectivity index (χ1v) is 8.62. The lowest BCUT2D eigenvalue weighted by Crippen LogP contribution is -2.59. The van der Waals surface area contributed by atoms with Crippen molar-refractivity contribution < 1.29 is 4.79 Å². The molecule has 0 radical (unpaired) electrons. The molecule has 1 aromatic rings. The lowest BCUT2D eigenvalue weighted by molar-refractivity contribution is -0.127. The molecule has 0 saturated heterocycles. The molecule has 1 heterocycles. The number of nitrogens with zero attached hydrogens (tertiary/aromatic N) is 1. The van der Waals surface area contributed by atoms with Crippen LogP contribution in [0.3, 0.4) is 0 Å². The molecule has 0 unspecified atom stereocenters. The van der Waals surface area contributed by atoms with Gasteiger partial charge in [-0.2, -0.15) is 0 Å². The van der Waals surface area contributed by atoms with Crippen LogP contribution in [-0.4, -0.2) is 21.0 Å². The Morgan fingerprint density at radius 1 is 1.17 bits per heavy atom. The number of aromatic amines is 1. The normalized spacial score (nSPS) is 34.5. The number of nitrogens with one attached hydrogen (secondary N) is 2. The Morgan fingerprint density at radius 2 is 1.78 bits per heavy atom. The number of carbonyl (C=O) groups excluding carboxylic acids is 1. The summed E-state index contributed by atoms with van der Waals surface area (Å²) >= 11 is 0. The maximum Gasteiger partial charge on any atom is 0.328 e. The number of amides is 1. The van der Waals surface area contributed by atoms with Crippen molar-refractivity contribution in [3.05, 3.63) is 33.1 Å². The van der Waals surface area contributed by atoms with E-state index < -0.39 is 11.2 Å². The molecule has 0 aliphatic heterocycles. The Bertz CT molecular complexity index is 698. The van der Waals surface area contributed by atoms with E-state index in [1.54, 1.807) is 0 Å². The van der Waals surface area contributed by atoms with Gasteiger partial charge in [0.05, 0.1) is 0 Å². The first kappa shape index (κ1) is 14.7. The maximum atomic E-state index is 12.4. The fourth-order valence-corrected chi connectivity index (χ4v) is 5.46. The van der Waals surface area contributed by atoms with Gasteiger partial charge >= 0.3 is 5.69 Å². The summed E-state index contributed by atoms with van der Waals surface area (Å²) in [5.74, 6) is 2.40. The van der Waals surface area contributed by atoms with Crippen molar-refractivity contribution in [3.8, 4) is 0 Å². The van der Waals surface area contributed by atoms with Crippen LogP contribution in [0.2, 0.25) is 0 Å². The highest BCUT2D eigenvalue weighted by molar-refractivity contribution is 5.76. The molecular weight excluding hydrogens is 294 g/mol. The van der Waals surface area contributed by atoms with Crippen LogP contribution in [0.5, 0.6) is 0 Å². The number of aryl methyl sites for hydroxylation is 1. The van der Waals surface area contributed by atoms with Gasteiger partial charge in [-0.05, 0) is 56.3 Å². The standard InChI is InChI=1S/C17H23N3O3/c21-14-1-3-20(16(23)18-14)4-2-15(22)19-17-8-11-5-12(9-17)7-13(6-11)10-17/h1,3,11-13H,2,4-10H2,(H,19,22)(H,18,21,23). The summed E-state index contributed by atoms with van der Waals surface area (Å²) in [6.45, 7) is 0.299. The summed E-state index contributed by atoms with van der Waals surface area (Å²) < 4.78 is 1.38. The van der Waals surface area contributed by atoms with Crippen LogP contribution in [0.4, 0.5) is 0 Å². The van der Waals surface area contributed by atoms with Crippen LogP contribution >= 0.6 is 0 Å². The van der Waals surface area contributed by atoms with E-state index in [1.807, 2.05) is 0 Å². The van der Waals surface area contributed by atoms with Gasteiger partial charge in [0.25, 0.3) is 5.56 Å². The minimum atomic E-state index is -0.458. The third-order valence-corrected chi connectivity index (χ3v) is 5.92. The van der Waals surface area contributed by atoms with E-state index in [-0.39, 0.29) is 17.9 Å². The summed E-state index contributed by atoms with van der Waals surface area (Å²) in [5, 5.41) is 3.30. The third kappa shape index (κ3) is 2.86. The maximum absolute atomic E-state index is 12.4. The first-order valence-electron chi connectivity index (χ1n) is 8.62. The van der Waals surface area contributed by atoms with E-state index in [2.05, 4.69) is 10.3 Å². The molecule has 4 saturated carbocycles. The highest BCUT2D eigenvalue weighted by atomic mass is 16.2. The highest BCUT2D eigenvalue weighted by Crippen LogP contribution is 2.55. The van der Waals surface area contributed by atoms with Crippen molar-refractivity contribution in [2.45, 2.75) is 57.0 Å². The monoisotopic (exact) mass is 317 g/mol. The minimum absolute atomic E-state index is 0.0157. The average Bonchev–Trinajstić information content (AvgIpc) is 2.44. The molecule has 0 aromatic carbocycles. The Hall–Kier alpha value is -1.85. The number of H-pyrrole nitrogens is 1. The van der Waals surface area contributed by atoms with E-state index in [0.29, 0.717) is 6.54 Å². The molecular formula is C17H23N3O3. The average molecular weight is 317 g/mol. The number of carbonyl (C=O) groups is 1. The molecule has 2 N–H and O–H groups in total. The minimum Gasteiger partial charge on any atom is -0.351 e. The van der Waals surface area contributed by atoms with Gasteiger partial charge < -0.3 is 9.88 Å². The first-order chi connectivity index (χ1) is 11.0. The van der Waals surface area contributed by atoms with Crippen molar-refractivity contribution in [2.24, 2.45) is 17.8 Å². The highest BCUT2D eigenvalue weighted by Gasteiger charge is 2.51. The summed E-state index contributed by atoms with van der Waals surface area (Å²) in [6, 6.07) is 1.30.